The molecule has 0 radical (unpaired) electrons. The van der Waals surface area contributed by atoms with Crippen molar-refractivity contribution in [2.75, 3.05) is 45.8 Å². The number of likely N-dealkylation sites (N-methyl/N-ethyl adjacent to an activating group) is 1. The van der Waals surface area contributed by atoms with E-state index >= 15 is 0 Å². The van der Waals surface area contributed by atoms with Gasteiger partial charge >= 0.3 is 0 Å². The summed E-state index contributed by atoms with van der Waals surface area (Å²) in [5, 5.41) is 0.236. The van der Waals surface area contributed by atoms with Gasteiger partial charge < -0.3 is 9.80 Å². The number of benzene rings is 1. The van der Waals surface area contributed by atoms with E-state index in [1.807, 2.05) is 4.90 Å². The fraction of sp³-hybridized carbons (Fsp3) is 0.611. The van der Waals surface area contributed by atoms with Crippen molar-refractivity contribution in [2.24, 2.45) is 5.92 Å². The van der Waals surface area contributed by atoms with Crippen LogP contribution in [0.2, 0.25) is 5.02 Å². The zero-order valence-corrected chi connectivity index (χ0v) is 16.7. The fourth-order valence-electron chi connectivity index (χ4n) is 3.68. The molecule has 0 spiro atoms. The maximum Gasteiger partial charge on any atom is 0.244 e. The lowest BCUT2D eigenvalue weighted by molar-refractivity contribution is -0.138. The van der Waals surface area contributed by atoms with Crippen molar-refractivity contribution in [1.29, 1.82) is 0 Å². The van der Waals surface area contributed by atoms with Crippen LogP contribution in [0, 0.1) is 5.92 Å². The van der Waals surface area contributed by atoms with E-state index < -0.39 is 10.0 Å². The predicted molar refractivity (Wildman–Crippen MR) is 102 cm³/mol. The molecule has 144 valence electrons. The van der Waals surface area contributed by atoms with Gasteiger partial charge in [-0.3, -0.25) is 4.79 Å². The average molecular weight is 400 g/mol. The SMILES string of the molecule is CCN1CCN(C(=O)C2CCN(S(=O)(=O)c3ccccc3Cl)CC2)CC1. The predicted octanol–water partition coefficient (Wildman–Crippen LogP) is 1.90. The van der Waals surface area contributed by atoms with Gasteiger partial charge in [-0.1, -0.05) is 30.7 Å². The second-order valence-electron chi connectivity index (χ2n) is 6.87. The molecular weight excluding hydrogens is 374 g/mol. The Morgan fingerprint density at radius 1 is 1.08 bits per heavy atom. The van der Waals surface area contributed by atoms with Crippen LogP contribution in [0.1, 0.15) is 19.8 Å². The van der Waals surface area contributed by atoms with Crippen molar-refractivity contribution in [3.05, 3.63) is 29.3 Å². The van der Waals surface area contributed by atoms with E-state index in [2.05, 4.69) is 11.8 Å². The van der Waals surface area contributed by atoms with Crippen molar-refractivity contribution in [1.82, 2.24) is 14.1 Å². The van der Waals surface area contributed by atoms with Gasteiger partial charge in [0.1, 0.15) is 4.90 Å². The Balaban J connectivity index is 1.59. The maximum absolute atomic E-state index is 12.8. The smallest absolute Gasteiger partial charge is 0.244 e. The number of amides is 1. The van der Waals surface area contributed by atoms with Crippen LogP contribution in [-0.4, -0.2) is 74.2 Å². The molecule has 0 saturated carbocycles. The molecule has 2 heterocycles. The lowest BCUT2D eigenvalue weighted by Gasteiger charge is -2.38. The first-order valence-electron chi connectivity index (χ1n) is 9.19. The summed E-state index contributed by atoms with van der Waals surface area (Å²) in [6, 6.07) is 6.50. The van der Waals surface area contributed by atoms with Crippen LogP contribution in [0.25, 0.3) is 0 Å². The van der Waals surface area contributed by atoms with Crippen molar-refractivity contribution in [3.8, 4) is 0 Å². The third-order valence-corrected chi connectivity index (χ3v) is 7.79. The minimum Gasteiger partial charge on any atom is -0.340 e. The fourth-order valence-corrected chi connectivity index (χ4v) is 5.64. The third kappa shape index (κ3) is 4.06. The van der Waals surface area contributed by atoms with Crippen molar-refractivity contribution >= 4 is 27.5 Å². The molecule has 0 N–H and O–H groups in total. The first kappa shape index (κ1) is 19.6. The molecule has 0 atom stereocenters. The third-order valence-electron chi connectivity index (χ3n) is 5.39. The summed E-state index contributed by atoms with van der Waals surface area (Å²) < 4.78 is 27.0. The molecule has 26 heavy (non-hydrogen) atoms. The first-order valence-corrected chi connectivity index (χ1v) is 11.0. The van der Waals surface area contributed by atoms with Crippen LogP contribution in [0.5, 0.6) is 0 Å². The first-order chi connectivity index (χ1) is 12.4. The molecule has 2 fully saturated rings. The van der Waals surface area contributed by atoms with Crippen LogP contribution >= 0.6 is 11.6 Å². The molecule has 8 heteroatoms. The minimum atomic E-state index is -3.61. The normalized spacial score (nSPS) is 21.1. The Kier molecular flexibility index (Phi) is 6.22. The van der Waals surface area contributed by atoms with E-state index in [-0.39, 0.29) is 21.7 Å². The van der Waals surface area contributed by atoms with Crippen molar-refractivity contribution in [2.45, 2.75) is 24.7 Å². The summed E-state index contributed by atoms with van der Waals surface area (Å²) in [7, 11) is -3.61. The number of nitrogens with zero attached hydrogens (tertiary/aromatic N) is 3. The largest absolute Gasteiger partial charge is 0.340 e. The molecular formula is C18H26ClN3O3S. The summed E-state index contributed by atoms with van der Waals surface area (Å²) in [6.45, 7) is 7.24. The van der Waals surface area contributed by atoms with Gasteiger partial charge in [-0.05, 0) is 31.5 Å². The topological polar surface area (TPSA) is 60.9 Å². The van der Waals surface area contributed by atoms with Gasteiger partial charge in [-0.25, -0.2) is 8.42 Å². The lowest BCUT2D eigenvalue weighted by Crippen LogP contribution is -2.51. The summed E-state index contributed by atoms with van der Waals surface area (Å²) in [4.78, 5) is 17.2. The van der Waals surface area contributed by atoms with E-state index in [4.69, 9.17) is 11.6 Å². The van der Waals surface area contributed by atoms with E-state index in [1.165, 1.54) is 10.4 Å². The summed E-state index contributed by atoms with van der Waals surface area (Å²) >= 11 is 6.06. The maximum atomic E-state index is 12.8. The van der Waals surface area contributed by atoms with Crippen molar-refractivity contribution in [3.63, 3.8) is 0 Å². The Bertz CT molecular complexity index is 740. The van der Waals surface area contributed by atoms with Gasteiger partial charge in [0.2, 0.25) is 15.9 Å². The van der Waals surface area contributed by atoms with Crippen LogP contribution in [0.4, 0.5) is 0 Å². The molecule has 2 saturated heterocycles. The van der Waals surface area contributed by atoms with Crippen LogP contribution in [0.3, 0.4) is 0 Å². The van der Waals surface area contributed by atoms with Gasteiger partial charge in [0.25, 0.3) is 0 Å². The Labute approximate surface area is 160 Å². The highest BCUT2D eigenvalue weighted by molar-refractivity contribution is 7.89. The molecule has 0 bridgehead atoms. The molecule has 0 unspecified atom stereocenters. The van der Waals surface area contributed by atoms with Crippen molar-refractivity contribution < 1.29 is 13.2 Å². The Morgan fingerprint density at radius 3 is 2.27 bits per heavy atom. The highest BCUT2D eigenvalue weighted by atomic mass is 35.5. The van der Waals surface area contributed by atoms with Gasteiger partial charge in [0.05, 0.1) is 5.02 Å². The molecule has 3 rings (SSSR count). The Hall–Kier alpha value is -1.15. The monoisotopic (exact) mass is 399 g/mol. The zero-order chi connectivity index (χ0) is 18.7. The highest BCUT2D eigenvalue weighted by Crippen LogP contribution is 2.28. The Morgan fingerprint density at radius 2 is 1.69 bits per heavy atom. The number of carbonyl (C=O) groups excluding carboxylic acids is 1. The van der Waals surface area contributed by atoms with E-state index in [9.17, 15) is 13.2 Å². The molecule has 1 aromatic rings. The number of hydrogen-bond acceptors (Lipinski definition) is 4. The molecule has 1 aromatic carbocycles. The summed E-state index contributed by atoms with van der Waals surface area (Å²) in [5.41, 5.74) is 0. The number of rotatable bonds is 4. The molecule has 2 aliphatic heterocycles. The minimum absolute atomic E-state index is 0.0825. The molecule has 6 nitrogen and oxygen atoms in total. The second-order valence-corrected chi connectivity index (χ2v) is 9.18. The summed E-state index contributed by atoms with van der Waals surface area (Å²) in [5.74, 6) is 0.0939. The second kappa shape index (κ2) is 8.25. The van der Waals surface area contributed by atoms with E-state index in [0.29, 0.717) is 25.9 Å². The van der Waals surface area contributed by atoms with Gasteiger partial charge in [0.15, 0.2) is 0 Å². The highest BCUT2D eigenvalue weighted by Gasteiger charge is 2.35. The van der Waals surface area contributed by atoms with Crippen LogP contribution in [-0.2, 0) is 14.8 Å². The van der Waals surface area contributed by atoms with Crippen LogP contribution in [0.15, 0.2) is 29.2 Å². The molecule has 0 aromatic heterocycles. The summed E-state index contributed by atoms with van der Waals surface area (Å²) in [6.07, 6.45) is 1.13. The quantitative estimate of drug-likeness (QED) is 0.775. The van der Waals surface area contributed by atoms with E-state index in [1.54, 1.807) is 18.2 Å². The number of sulfonamides is 1. The van der Waals surface area contributed by atoms with Gasteiger partial charge in [-0.15, -0.1) is 0 Å². The van der Waals surface area contributed by atoms with E-state index in [0.717, 1.165) is 32.7 Å². The number of piperazine rings is 1. The number of piperidine rings is 1. The standard InChI is InChI=1S/C18H26ClN3O3S/c1-2-20-11-13-21(14-12-20)18(23)15-7-9-22(10-8-15)26(24,25)17-6-4-3-5-16(17)19/h3-6,15H,2,7-14H2,1H3. The molecule has 2 aliphatic rings. The van der Waals surface area contributed by atoms with Crippen LogP contribution < -0.4 is 0 Å². The molecule has 0 aliphatic carbocycles. The number of hydrogen-bond donors (Lipinski definition) is 0. The van der Waals surface area contributed by atoms with Gasteiger partial charge in [0, 0.05) is 45.2 Å². The number of halogens is 1. The molecule has 1 amide bonds. The lowest BCUT2D eigenvalue weighted by atomic mass is 9.96. The zero-order valence-electron chi connectivity index (χ0n) is 15.1. The van der Waals surface area contributed by atoms with Gasteiger partial charge in [-0.2, -0.15) is 4.31 Å². The average Bonchev–Trinajstić information content (AvgIpc) is 2.68. The number of carbonyl (C=O) groups is 1.